The predicted octanol–water partition coefficient (Wildman–Crippen LogP) is 0.425. The predicted molar refractivity (Wildman–Crippen MR) is 45.8 cm³/mol. The van der Waals surface area contributed by atoms with Gasteiger partial charge in [-0.25, -0.2) is 0 Å². The maximum Gasteiger partial charge on any atom is 0.145 e. The molecule has 12 heavy (non-hydrogen) atoms. The minimum absolute atomic E-state index is 0.130. The summed E-state index contributed by atoms with van der Waals surface area (Å²) in [5, 5.41) is 8.49. The summed E-state index contributed by atoms with van der Waals surface area (Å²) in [5.74, 6) is 0.624. The first-order chi connectivity index (χ1) is 5.84. The number of aromatic nitrogens is 1. The summed E-state index contributed by atoms with van der Waals surface area (Å²) in [6, 6.07) is 1.70. The van der Waals surface area contributed by atoms with Crippen molar-refractivity contribution in [3.63, 3.8) is 0 Å². The highest BCUT2D eigenvalue weighted by Crippen LogP contribution is 2.17. The molecular weight excluding hydrogens is 156 g/mol. The number of aliphatic hydroxyl groups is 1. The van der Waals surface area contributed by atoms with E-state index in [1.54, 1.807) is 12.3 Å². The van der Waals surface area contributed by atoms with E-state index >= 15 is 0 Å². The molecule has 4 nitrogen and oxygen atoms in total. The number of nitrogens with two attached hydrogens (primary N) is 1. The van der Waals surface area contributed by atoms with Crippen LogP contribution in [-0.4, -0.2) is 23.3 Å². The van der Waals surface area contributed by atoms with Crippen molar-refractivity contribution in [1.82, 2.24) is 4.98 Å². The number of hydrogen-bond donors (Lipinski definition) is 2. The minimum atomic E-state index is 0.130. The van der Waals surface area contributed by atoms with Gasteiger partial charge in [0.1, 0.15) is 5.75 Å². The number of nitrogens with zero attached hydrogens (tertiary/aromatic N) is 1. The van der Waals surface area contributed by atoms with Crippen molar-refractivity contribution in [1.29, 1.82) is 0 Å². The molecule has 1 aromatic rings. The third-order valence-electron chi connectivity index (χ3n) is 1.37. The zero-order valence-electron chi connectivity index (χ0n) is 6.73. The van der Waals surface area contributed by atoms with Crippen LogP contribution in [0, 0.1) is 0 Å². The Bertz CT molecular complexity index is 240. The second-order valence-corrected chi connectivity index (χ2v) is 2.34. The lowest BCUT2D eigenvalue weighted by atomic mass is 10.4. The van der Waals surface area contributed by atoms with Crippen LogP contribution in [0.3, 0.4) is 0 Å². The van der Waals surface area contributed by atoms with Gasteiger partial charge in [0.25, 0.3) is 0 Å². The van der Waals surface area contributed by atoms with Crippen LogP contribution in [0.4, 0.5) is 5.69 Å². The number of ether oxygens (including phenoxy) is 1. The Morgan fingerprint density at radius 2 is 2.42 bits per heavy atom. The lowest BCUT2D eigenvalue weighted by Crippen LogP contribution is -2.02. The van der Waals surface area contributed by atoms with E-state index in [1.807, 2.05) is 0 Å². The fourth-order valence-corrected chi connectivity index (χ4v) is 0.772. The fraction of sp³-hybridized carbons (Fsp3) is 0.375. The molecule has 0 atom stereocenters. The molecule has 1 rings (SSSR count). The average Bonchev–Trinajstić information content (AvgIpc) is 2.09. The Kier molecular flexibility index (Phi) is 3.35. The van der Waals surface area contributed by atoms with Crippen molar-refractivity contribution < 1.29 is 9.84 Å². The quantitative estimate of drug-likeness (QED) is 0.639. The van der Waals surface area contributed by atoms with Crippen LogP contribution in [-0.2, 0) is 0 Å². The number of nitrogen functional groups attached to an aromatic ring is 1. The monoisotopic (exact) mass is 168 g/mol. The van der Waals surface area contributed by atoms with Crippen molar-refractivity contribution >= 4 is 5.69 Å². The van der Waals surface area contributed by atoms with E-state index < -0.39 is 0 Å². The van der Waals surface area contributed by atoms with Gasteiger partial charge < -0.3 is 15.6 Å². The topological polar surface area (TPSA) is 68.4 Å². The second-order valence-electron chi connectivity index (χ2n) is 2.34. The average molecular weight is 168 g/mol. The molecule has 0 saturated heterocycles. The van der Waals surface area contributed by atoms with Gasteiger partial charge in [0.2, 0.25) is 0 Å². The first-order valence-corrected chi connectivity index (χ1v) is 3.77. The zero-order valence-corrected chi connectivity index (χ0v) is 6.73. The van der Waals surface area contributed by atoms with Gasteiger partial charge in [-0.2, -0.15) is 0 Å². The Hall–Kier alpha value is -1.29. The van der Waals surface area contributed by atoms with Crippen LogP contribution in [0.5, 0.6) is 5.75 Å². The van der Waals surface area contributed by atoms with Crippen molar-refractivity contribution in [2.75, 3.05) is 18.9 Å². The van der Waals surface area contributed by atoms with Gasteiger partial charge >= 0.3 is 0 Å². The van der Waals surface area contributed by atoms with E-state index in [2.05, 4.69) is 4.98 Å². The van der Waals surface area contributed by atoms with E-state index in [9.17, 15) is 0 Å². The smallest absolute Gasteiger partial charge is 0.145 e. The zero-order chi connectivity index (χ0) is 8.81. The molecule has 1 heterocycles. The van der Waals surface area contributed by atoms with Crippen LogP contribution >= 0.6 is 0 Å². The SMILES string of the molecule is Nc1cnccc1OCCCO. The molecule has 0 aromatic carbocycles. The largest absolute Gasteiger partial charge is 0.491 e. The summed E-state index contributed by atoms with van der Waals surface area (Å²) < 4.78 is 5.25. The molecule has 0 saturated carbocycles. The molecule has 3 N–H and O–H groups in total. The normalized spacial score (nSPS) is 9.75. The number of aliphatic hydroxyl groups excluding tert-OH is 1. The van der Waals surface area contributed by atoms with Gasteiger partial charge in [0.15, 0.2) is 0 Å². The highest BCUT2D eigenvalue weighted by molar-refractivity contribution is 5.49. The maximum atomic E-state index is 8.49. The number of pyridine rings is 1. The molecule has 1 aromatic heterocycles. The summed E-state index contributed by atoms with van der Waals surface area (Å²) in [7, 11) is 0. The first kappa shape index (κ1) is 8.80. The van der Waals surface area contributed by atoms with Crippen LogP contribution < -0.4 is 10.5 Å². The number of anilines is 1. The van der Waals surface area contributed by atoms with Crippen LogP contribution in [0.15, 0.2) is 18.5 Å². The molecule has 0 unspecified atom stereocenters. The fourth-order valence-electron chi connectivity index (χ4n) is 0.772. The highest BCUT2D eigenvalue weighted by Gasteiger charge is 1.97. The lowest BCUT2D eigenvalue weighted by Gasteiger charge is -2.06. The maximum absolute atomic E-state index is 8.49. The Morgan fingerprint density at radius 3 is 3.08 bits per heavy atom. The van der Waals surface area contributed by atoms with E-state index in [0.717, 1.165) is 0 Å². The Balaban J connectivity index is 2.46. The van der Waals surface area contributed by atoms with Gasteiger partial charge in [-0.3, -0.25) is 4.98 Å². The van der Waals surface area contributed by atoms with Crippen molar-refractivity contribution in [2.45, 2.75) is 6.42 Å². The summed E-state index contributed by atoms with van der Waals surface area (Å²) in [4.78, 5) is 3.82. The number of hydrogen-bond acceptors (Lipinski definition) is 4. The van der Waals surface area contributed by atoms with Gasteiger partial charge in [0, 0.05) is 25.3 Å². The van der Waals surface area contributed by atoms with Gasteiger partial charge in [-0.15, -0.1) is 0 Å². The van der Waals surface area contributed by atoms with Gasteiger partial charge in [-0.05, 0) is 0 Å². The first-order valence-electron chi connectivity index (χ1n) is 3.77. The molecular formula is C8H12N2O2. The van der Waals surface area contributed by atoms with E-state index in [0.29, 0.717) is 24.5 Å². The molecule has 0 radical (unpaired) electrons. The summed E-state index contributed by atoms with van der Waals surface area (Å²) in [5.41, 5.74) is 6.08. The molecule has 0 amide bonds. The highest BCUT2D eigenvalue weighted by atomic mass is 16.5. The van der Waals surface area contributed by atoms with Crippen molar-refractivity contribution in [3.05, 3.63) is 18.5 Å². The van der Waals surface area contributed by atoms with Crippen LogP contribution in [0.1, 0.15) is 6.42 Å². The van der Waals surface area contributed by atoms with Gasteiger partial charge in [-0.1, -0.05) is 0 Å². The van der Waals surface area contributed by atoms with E-state index in [4.69, 9.17) is 15.6 Å². The van der Waals surface area contributed by atoms with Crippen LogP contribution in [0.2, 0.25) is 0 Å². The molecule has 0 aliphatic heterocycles. The third-order valence-corrected chi connectivity index (χ3v) is 1.37. The third kappa shape index (κ3) is 2.39. The molecule has 66 valence electrons. The molecule has 0 spiro atoms. The summed E-state index contributed by atoms with van der Waals surface area (Å²) >= 11 is 0. The van der Waals surface area contributed by atoms with Crippen molar-refractivity contribution in [3.8, 4) is 5.75 Å². The van der Waals surface area contributed by atoms with E-state index in [1.165, 1.54) is 6.20 Å². The minimum Gasteiger partial charge on any atom is -0.491 e. The van der Waals surface area contributed by atoms with E-state index in [-0.39, 0.29) is 6.61 Å². The summed E-state index contributed by atoms with van der Waals surface area (Å²) in [6.45, 7) is 0.607. The Labute approximate surface area is 71.0 Å². The van der Waals surface area contributed by atoms with Gasteiger partial charge in [0.05, 0.1) is 18.5 Å². The Morgan fingerprint density at radius 1 is 1.58 bits per heavy atom. The molecule has 0 bridgehead atoms. The standard InChI is InChI=1S/C8H12N2O2/c9-7-6-10-3-2-8(7)12-5-1-4-11/h2-3,6,11H,1,4-5,9H2. The lowest BCUT2D eigenvalue weighted by molar-refractivity contribution is 0.234. The molecule has 0 aliphatic carbocycles. The second kappa shape index (κ2) is 4.56. The summed E-state index contributed by atoms with van der Waals surface area (Å²) in [6.07, 6.45) is 3.76. The number of rotatable bonds is 4. The molecule has 4 heteroatoms. The molecule has 0 fully saturated rings. The van der Waals surface area contributed by atoms with Crippen molar-refractivity contribution in [2.24, 2.45) is 0 Å². The molecule has 0 aliphatic rings. The van der Waals surface area contributed by atoms with Crippen LogP contribution in [0.25, 0.3) is 0 Å².